The number of benzene rings is 2. The lowest BCUT2D eigenvalue weighted by molar-refractivity contribution is -0.121. The first-order valence-corrected chi connectivity index (χ1v) is 11.4. The van der Waals surface area contributed by atoms with Crippen LogP contribution < -0.4 is 10.0 Å². The van der Waals surface area contributed by atoms with Gasteiger partial charge in [0.1, 0.15) is 0 Å². The highest BCUT2D eigenvalue weighted by Gasteiger charge is 2.16. The smallest absolute Gasteiger partial charge is 0.240 e. The van der Waals surface area contributed by atoms with E-state index in [0.717, 1.165) is 22.5 Å². The Hall–Kier alpha value is -2.90. The summed E-state index contributed by atoms with van der Waals surface area (Å²) >= 11 is 0. The standard InChI is InChI=1S/C23H27N3O3S/c1-17-8-9-18(2)22(16-17)30(28,29)25-15-14-24-23(27)13-11-20-10-12-21(26-20)19-6-4-3-5-7-19/h3-10,12,16,25-26H,11,13-15H2,1-2H3,(H,24,27). The maximum atomic E-state index is 12.5. The van der Waals surface area contributed by atoms with Crippen molar-refractivity contribution in [1.29, 1.82) is 0 Å². The summed E-state index contributed by atoms with van der Waals surface area (Å²) in [7, 11) is -3.60. The van der Waals surface area contributed by atoms with Crippen LogP contribution in [-0.2, 0) is 21.2 Å². The van der Waals surface area contributed by atoms with Crippen molar-refractivity contribution in [2.75, 3.05) is 13.1 Å². The fraction of sp³-hybridized carbons (Fsp3) is 0.261. The van der Waals surface area contributed by atoms with Gasteiger partial charge in [0, 0.05) is 30.9 Å². The molecule has 0 atom stereocenters. The van der Waals surface area contributed by atoms with Gasteiger partial charge in [-0.25, -0.2) is 13.1 Å². The lowest BCUT2D eigenvalue weighted by Crippen LogP contribution is -2.35. The van der Waals surface area contributed by atoms with Gasteiger partial charge in [0.25, 0.3) is 0 Å². The first-order valence-electron chi connectivity index (χ1n) is 9.92. The van der Waals surface area contributed by atoms with E-state index in [0.29, 0.717) is 18.4 Å². The van der Waals surface area contributed by atoms with Crippen LogP contribution in [0.4, 0.5) is 0 Å². The second-order valence-corrected chi connectivity index (χ2v) is 9.02. The molecule has 3 rings (SSSR count). The number of aryl methyl sites for hydroxylation is 3. The molecule has 0 spiro atoms. The Kier molecular flexibility index (Phi) is 7.07. The van der Waals surface area contributed by atoms with Gasteiger partial charge >= 0.3 is 0 Å². The topological polar surface area (TPSA) is 91.1 Å². The van der Waals surface area contributed by atoms with E-state index >= 15 is 0 Å². The van der Waals surface area contributed by atoms with Gasteiger partial charge in [0.05, 0.1) is 4.90 Å². The summed E-state index contributed by atoms with van der Waals surface area (Å²) in [6.07, 6.45) is 0.922. The van der Waals surface area contributed by atoms with Crippen LogP contribution in [0.1, 0.15) is 23.2 Å². The second kappa shape index (κ2) is 9.73. The fourth-order valence-electron chi connectivity index (χ4n) is 3.17. The van der Waals surface area contributed by atoms with E-state index in [-0.39, 0.29) is 23.9 Å². The molecule has 0 aliphatic heterocycles. The van der Waals surface area contributed by atoms with Gasteiger partial charge in [-0.15, -0.1) is 0 Å². The molecule has 158 valence electrons. The summed E-state index contributed by atoms with van der Waals surface area (Å²) in [5, 5.41) is 2.76. The molecule has 1 amide bonds. The van der Waals surface area contributed by atoms with Gasteiger partial charge < -0.3 is 10.3 Å². The minimum absolute atomic E-state index is 0.114. The van der Waals surface area contributed by atoms with Crippen LogP contribution in [-0.4, -0.2) is 32.4 Å². The number of carbonyl (C=O) groups is 1. The molecule has 0 saturated heterocycles. The van der Waals surface area contributed by atoms with Crippen molar-refractivity contribution >= 4 is 15.9 Å². The monoisotopic (exact) mass is 425 g/mol. The van der Waals surface area contributed by atoms with Crippen molar-refractivity contribution in [2.24, 2.45) is 0 Å². The first kappa shape index (κ1) is 21.8. The van der Waals surface area contributed by atoms with E-state index in [2.05, 4.69) is 15.0 Å². The highest BCUT2D eigenvalue weighted by atomic mass is 32.2. The molecule has 0 aliphatic carbocycles. The van der Waals surface area contributed by atoms with Crippen molar-refractivity contribution in [3.8, 4) is 11.3 Å². The second-order valence-electron chi connectivity index (χ2n) is 7.28. The predicted molar refractivity (Wildman–Crippen MR) is 119 cm³/mol. The van der Waals surface area contributed by atoms with Crippen molar-refractivity contribution in [2.45, 2.75) is 31.6 Å². The Bertz CT molecular complexity index is 1110. The summed E-state index contributed by atoms with van der Waals surface area (Å²) < 4.78 is 27.4. The molecule has 2 aromatic carbocycles. The third-order valence-electron chi connectivity index (χ3n) is 4.83. The summed E-state index contributed by atoms with van der Waals surface area (Å²) in [4.78, 5) is 15.7. The summed E-state index contributed by atoms with van der Waals surface area (Å²) in [5.74, 6) is -0.114. The number of amides is 1. The largest absolute Gasteiger partial charge is 0.358 e. The lowest BCUT2D eigenvalue weighted by atomic mass is 10.2. The molecule has 1 heterocycles. The SMILES string of the molecule is Cc1ccc(C)c(S(=O)(=O)NCCNC(=O)CCc2ccc(-c3ccccc3)[nH]2)c1. The molecule has 1 aromatic heterocycles. The Labute approximate surface area is 177 Å². The van der Waals surface area contributed by atoms with E-state index in [1.54, 1.807) is 19.1 Å². The van der Waals surface area contributed by atoms with Crippen molar-refractivity contribution in [3.63, 3.8) is 0 Å². The molecule has 0 radical (unpaired) electrons. The van der Waals surface area contributed by atoms with Gasteiger partial charge in [-0.3, -0.25) is 4.79 Å². The average molecular weight is 426 g/mol. The van der Waals surface area contributed by atoms with E-state index in [1.807, 2.05) is 55.5 Å². The predicted octanol–water partition coefficient (Wildman–Crippen LogP) is 3.33. The highest BCUT2D eigenvalue weighted by Crippen LogP contribution is 2.18. The third-order valence-corrected chi connectivity index (χ3v) is 6.43. The summed E-state index contributed by atoms with van der Waals surface area (Å²) in [6, 6.07) is 19.3. The molecule has 0 aliphatic rings. The van der Waals surface area contributed by atoms with Crippen molar-refractivity contribution < 1.29 is 13.2 Å². The maximum absolute atomic E-state index is 12.5. The molecule has 0 unspecified atom stereocenters. The minimum Gasteiger partial charge on any atom is -0.358 e. The molecule has 0 bridgehead atoms. The highest BCUT2D eigenvalue weighted by molar-refractivity contribution is 7.89. The minimum atomic E-state index is -3.60. The Morgan fingerprint density at radius 1 is 0.967 bits per heavy atom. The zero-order chi connectivity index (χ0) is 21.6. The number of H-pyrrole nitrogens is 1. The van der Waals surface area contributed by atoms with Crippen molar-refractivity contribution in [3.05, 3.63) is 77.5 Å². The number of aromatic nitrogens is 1. The van der Waals surface area contributed by atoms with Crippen LogP contribution in [0.2, 0.25) is 0 Å². The normalized spacial score (nSPS) is 11.4. The molecule has 3 aromatic rings. The average Bonchev–Trinajstić information content (AvgIpc) is 3.21. The first-order chi connectivity index (χ1) is 14.3. The molecule has 7 heteroatoms. The van der Waals surface area contributed by atoms with E-state index in [9.17, 15) is 13.2 Å². The number of aromatic amines is 1. The number of rotatable bonds is 9. The van der Waals surface area contributed by atoms with Crippen LogP contribution >= 0.6 is 0 Å². The lowest BCUT2D eigenvalue weighted by Gasteiger charge is -2.10. The summed E-state index contributed by atoms with van der Waals surface area (Å²) in [5.41, 5.74) is 4.68. The Morgan fingerprint density at radius 2 is 1.73 bits per heavy atom. The molecule has 0 fully saturated rings. The summed E-state index contributed by atoms with van der Waals surface area (Å²) in [6.45, 7) is 4.00. The molecule has 0 saturated carbocycles. The van der Waals surface area contributed by atoms with E-state index in [1.165, 1.54) is 0 Å². The third kappa shape index (κ3) is 5.81. The van der Waals surface area contributed by atoms with Gasteiger partial charge in [-0.2, -0.15) is 0 Å². The van der Waals surface area contributed by atoms with E-state index in [4.69, 9.17) is 0 Å². The molecule has 30 heavy (non-hydrogen) atoms. The van der Waals surface area contributed by atoms with Crippen LogP contribution in [0.5, 0.6) is 0 Å². The number of hydrogen-bond donors (Lipinski definition) is 3. The zero-order valence-corrected chi connectivity index (χ0v) is 18.1. The van der Waals surface area contributed by atoms with Gasteiger partial charge in [0.15, 0.2) is 0 Å². The number of carbonyl (C=O) groups excluding carboxylic acids is 1. The van der Waals surface area contributed by atoms with Gasteiger partial charge in [-0.05, 0) is 55.2 Å². The molecule has 3 N–H and O–H groups in total. The quantitative estimate of drug-likeness (QED) is 0.459. The van der Waals surface area contributed by atoms with E-state index < -0.39 is 10.0 Å². The van der Waals surface area contributed by atoms with Crippen LogP contribution in [0.3, 0.4) is 0 Å². The maximum Gasteiger partial charge on any atom is 0.240 e. The number of hydrogen-bond acceptors (Lipinski definition) is 3. The molecule has 6 nitrogen and oxygen atoms in total. The van der Waals surface area contributed by atoms with Crippen LogP contribution in [0, 0.1) is 13.8 Å². The number of sulfonamides is 1. The Morgan fingerprint density at radius 3 is 2.50 bits per heavy atom. The van der Waals surface area contributed by atoms with Crippen molar-refractivity contribution in [1.82, 2.24) is 15.0 Å². The van der Waals surface area contributed by atoms with Gasteiger partial charge in [-0.1, -0.05) is 42.5 Å². The molecular weight excluding hydrogens is 398 g/mol. The number of nitrogens with one attached hydrogen (secondary N) is 3. The van der Waals surface area contributed by atoms with Crippen LogP contribution in [0.25, 0.3) is 11.3 Å². The fourth-order valence-corrected chi connectivity index (χ4v) is 4.53. The van der Waals surface area contributed by atoms with Crippen LogP contribution in [0.15, 0.2) is 65.6 Å². The zero-order valence-electron chi connectivity index (χ0n) is 17.2. The Balaban J connectivity index is 1.42. The molecular formula is C23H27N3O3S. The van der Waals surface area contributed by atoms with Gasteiger partial charge in [0.2, 0.25) is 15.9 Å².